The highest BCUT2D eigenvalue weighted by molar-refractivity contribution is 7.09. The molecule has 0 unspecified atom stereocenters. The minimum absolute atomic E-state index is 0.109. The first kappa shape index (κ1) is 19.1. The average Bonchev–Trinajstić information content (AvgIpc) is 3.41. The van der Waals surface area contributed by atoms with E-state index in [1.54, 1.807) is 16.2 Å². The molecule has 0 spiro atoms. The van der Waals surface area contributed by atoms with Gasteiger partial charge < -0.3 is 9.80 Å². The number of benzene rings is 1. The molecule has 1 saturated carbocycles. The molecule has 4 nitrogen and oxygen atoms in total. The smallest absolute Gasteiger partial charge is 0.256 e. The molecule has 2 aliphatic rings. The Hall–Kier alpha value is -2.28. The summed E-state index contributed by atoms with van der Waals surface area (Å²) in [4.78, 5) is 30.3. The number of hydrogen-bond acceptors (Lipinski definition) is 3. The van der Waals surface area contributed by atoms with Gasteiger partial charge in [-0.3, -0.25) is 9.59 Å². The fraction of sp³-hybridized carbons (Fsp3) is 0.429. The number of nitrogens with zero attached hydrogens (tertiary/aromatic N) is 2. The van der Waals surface area contributed by atoms with E-state index in [1.807, 2.05) is 22.4 Å². The predicted molar refractivity (Wildman–Crippen MR) is 103 cm³/mol. The average molecular weight is 404 g/mol. The minimum atomic E-state index is -0.848. The van der Waals surface area contributed by atoms with Crippen molar-refractivity contribution in [1.82, 2.24) is 9.80 Å². The molecule has 1 aliphatic heterocycles. The second kappa shape index (κ2) is 7.99. The van der Waals surface area contributed by atoms with E-state index in [2.05, 4.69) is 0 Å². The highest BCUT2D eigenvalue weighted by Crippen LogP contribution is 2.32. The number of likely N-dealkylation sites (tertiary alicyclic amines) is 1. The van der Waals surface area contributed by atoms with E-state index < -0.39 is 17.5 Å². The van der Waals surface area contributed by atoms with Crippen molar-refractivity contribution >= 4 is 23.2 Å². The Balaban J connectivity index is 1.37. The van der Waals surface area contributed by atoms with Gasteiger partial charge in [0.1, 0.15) is 11.6 Å². The third-order valence-electron chi connectivity index (χ3n) is 5.47. The Morgan fingerprint density at radius 2 is 1.86 bits per heavy atom. The van der Waals surface area contributed by atoms with Gasteiger partial charge in [-0.15, -0.1) is 11.3 Å². The van der Waals surface area contributed by atoms with Crippen LogP contribution in [0, 0.1) is 17.6 Å². The number of carbonyl (C=O) groups is 2. The van der Waals surface area contributed by atoms with Crippen molar-refractivity contribution in [2.24, 2.45) is 5.92 Å². The molecule has 0 N–H and O–H groups in total. The van der Waals surface area contributed by atoms with Crippen molar-refractivity contribution in [1.29, 1.82) is 0 Å². The fourth-order valence-corrected chi connectivity index (χ4v) is 4.44. The molecule has 2 heterocycles. The number of amides is 2. The summed E-state index contributed by atoms with van der Waals surface area (Å²) >= 11 is 1.66. The minimum Gasteiger partial charge on any atom is -0.339 e. The van der Waals surface area contributed by atoms with Crippen LogP contribution in [0.3, 0.4) is 0 Å². The largest absolute Gasteiger partial charge is 0.339 e. The van der Waals surface area contributed by atoms with Crippen LogP contribution in [0.15, 0.2) is 35.7 Å². The molecule has 0 radical (unpaired) electrons. The van der Waals surface area contributed by atoms with Crippen molar-refractivity contribution in [3.8, 4) is 0 Å². The number of piperidine rings is 1. The van der Waals surface area contributed by atoms with Crippen LogP contribution in [-0.2, 0) is 11.3 Å². The molecule has 1 aromatic heterocycles. The summed E-state index contributed by atoms with van der Waals surface area (Å²) in [6, 6.07) is 7.37. The van der Waals surface area contributed by atoms with E-state index in [1.165, 1.54) is 10.9 Å². The van der Waals surface area contributed by atoms with Crippen LogP contribution in [0.1, 0.15) is 40.9 Å². The monoisotopic (exact) mass is 404 g/mol. The molecule has 1 aliphatic carbocycles. The lowest BCUT2D eigenvalue weighted by atomic mass is 9.94. The van der Waals surface area contributed by atoms with Crippen LogP contribution in [0.4, 0.5) is 8.78 Å². The number of thiophene rings is 1. The zero-order chi connectivity index (χ0) is 19.7. The number of halogens is 2. The van der Waals surface area contributed by atoms with E-state index in [4.69, 9.17) is 0 Å². The lowest BCUT2D eigenvalue weighted by Gasteiger charge is -2.34. The second-order valence-corrected chi connectivity index (χ2v) is 8.50. The van der Waals surface area contributed by atoms with Gasteiger partial charge in [0.25, 0.3) is 5.91 Å². The van der Waals surface area contributed by atoms with Crippen LogP contribution in [0.2, 0.25) is 0 Å². The maximum absolute atomic E-state index is 13.9. The van der Waals surface area contributed by atoms with Crippen LogP contribution in [0.5, 0.6) is 0 Å². The quantitative estimate of drug-likeness (QED) is 0.754. The Morgan fingerprint density at radius 1 is 1.11 bits per heavy atom. The molecular formula is C21H22F2N2O2S. The molecule has 1 aromatic carbocycles. The summed E-state index contributed by atoms with van der Waals surface area (Å²) < 4.78 is 27.0. The molecule has 0 bridgehead atoms. The van der Waals surface area contributed by atoms with Crippen molar-refractivity contribution in [3.05, 3.63) is 57.8 Å². The number of carbonyl (C=O) groups excluding carboxylic acids is 2. The molecule has 4 rings (SSSR count). The van der Waals surface area contributed by atoms with E-state index in [0.29, 0.717) is 38.5 Å². The fourth-order valence-electron chi connectivity index (χ4n) is 3.74. The van der Waals surface area contributed by atoms with E-state index in [-0.39, 0.29) is 17.4 Å². The van der Waals surface area contributed by atoms with Gasteiger partial charge in [-0.25, -0.2) is 8.78 Å². The normalized spacial score (nSPS) is 17.6. The van der Waals surface area contributed by atoms with Crippen LogP contribution < -0.4 is 0 Å². The zero-order valence-corrected chi connectivity index (χ0v) is 16.3. The summed E-state index contributed by atoms with van der Waals surface area (Å²) in [5.41, 5.74) is -0.122. The Bertz CT molecular complexity index is 859. The van der Waals surface area contributed by atoms with Crippen LogP contribution in [0.25, 0.3) is 0 Å². The Labute approximate surface area is 166 Å². The molecule has 2 aromatic rings. The summed E-state index contributed by atoms with van der Waals surface area (Å²) in [5, 5.41) is 2.02. The first-order valence-corrected chi connectivity index (χ1v) is 10.5. The number of hydrogen-bond donors (Lipinski definition) is 0. The van der Waals surface area contributed by atoms with E-state index in [9.17, 15) is 18.4 Å². The lowest BCUT2D eigenvalue weighted by molar-refractivity contribution is -0.138. The van der Waals surface area contributed by atoms with Gasteiger partial charge in [-0.2, -0.15) is 0 Å². The molecule has 148 valence electrons. The SMILES string of the molecule is O=C(c1ccc(F)cc1F)N1CCC(C(=O)N(Cc2cccs2)C2CC2)CC1. The first-order chi connectivity index (χ1) is 13.5. The van der Waals surface area contributed by atoms with Gasteiger partial charge in [0, 0.05) is 36.0 Å². The summed E-state index contributed by atoms with van der Waals surface area (Å²) in [6.07, 6.45) is 3.25. The highest BCUT2D eigenvalue weighted by Gasteiger charge is 2.37. The standard InChI is InChI=1S/C21H22F2N2O2S/c22-15-3-6-18(19(23)12-15)21(27)24-9-7-14(8-10-24)20(26)25(16-4-5-16)13-17-2-1-11-28-17/h1-3,6,11-12,14,16H,4-5,7-10,13H2. The van der Waals surface area contributed by atoms with Gasteiger partial charge in [0.2, 0.25) is 5.91 Å². The van der Waals surface area contributed by atoms with E-state index in [0.717, 1.165) is 25.0 Å². The van der Waals surface area contributed by atoms with Crippen molar-refractivity contribution in [3.63, 3.8) is 0 Å². The molecular weight excluding hydrogens is 382 g/mol. The second-order valence-electron chi connectivity index (χ2n) is 7.47. The summed E-state index contributed by atoms with van der Waals surface area (Å²) in [6.45, 7) is 1.47. The maximum atomic E-state index is 13.9. The van der Waals surface area contributed by atoms with Gasteiger partial charge in [-0.1, -0.05) is 6.07 Å². The Kier molecular flexibility index (Phi) is 5.44. The van der Waals surface area contributed by atoms with Crippen molar-refractivity contribution < 1.29 is 18.4 Å². The van der Waals surface area contributed by atoms with Gasteiger partial charge in [0.05, 0.1) is 12.1 Å². The predicted octanol–water partition coefficient (Wildman–Crippen LogP) is 4.07. The van der Waals surface area contributed by atoms with Gasteiger partial charge >= 0.3 is 0 Å². The molecule has 28 heavy (non-hydrogen) atoms. The topological polar surface area (TPSA) is 40.6 Å². The maximum Gasteiger partial charge on any atom is 0.256 e. The molecule has 0 atom stereocenters. The first-order valence-electron chi connectivity index (χ1n) is 9.60. The summed E-state index contributed by atoms with van der Waals surface area (Å²) in [7, 11) is 0. The third-order valence-corrected chi connectivity index (χ3v) is 6.33. The highest BCUT2D eigenvalue weighted by atomic mass is 32.1. The Morgan fingerprint density at radius 3 is 2.46 bits per heavy atom. The number of rotatable bonds is 5. The van der Waals surface area contributed by atoms with Crippen LogP contribution >= 0.6 is 11.3 Å². The third kappa shape index (κ3) is 4.09. The van der Waals surface area contributed by atoms with Crippen LogP contribution in [-0.4, -0.2) is 40.7 Å². The van der Waals surface area contributed by atoms with E-state index >= 15 is 0 Å². The van der Waals surface area contributed by atoms with Gasteiger partial charge in [-0.05, 0) is 49.3 Å². The summed E-state index contributed by atoms with van der Waals surface area (Å²) in [5.74, 6) is -1.94. The molecule has 2 amide bonds. The van der Waals surface area contributed by atoms with Gasteiger partial charge in [0.15, 0.2) is 0 Å². The van der Waals surface area contributed by atoms with Crippen molar-refractivity contribution in [2.45, 2.75) is 38.3 Å². The lowest BCUT2D eigenvalue weighted by Crippen LogP contribution is -2.45. The zero-order valence-electron chi connectivity index (χ0n) is 15.4. The molecule has 7 heteroatoms. The molecule has 1 saturated heterocycles. The van der Waals surface area contributed by atoms with Crippen molar-refractivity contribution in [2.75, 3.05) is 13.1 Å². The molecule has 2 fully saturated rings.